The number of pyridine rings is 1. The molecule has 1 saturated carbocycles. The molecule has 100 valence electrons. The van der Waals surface area contributed by atoms with Crippen LogP contribution in [-0.4, -0.2) is 19.9 Å². The summed E-state index contributed by atoms with van der Waals surface area (Å²) in [7, 11) is -3.44. The fourth-order valence-electron chi connectivity index (χ4n) is 2.37. The number of nitrogen functional groups attached to an aromatic ring is 1. The molecule has 1 aromatic rings. The number of anilines is 1. The molecule has 0 spiro atoms. The molecule has 1 aliphatic carbocycles. The highest BCUT2D eigenvalue weighted by molar-refractivity contribution is 7.89. The predicted molar refractivity (Wildman–Crippen MR) is 70.4 cm³/mol. The second kappa shape index (κ2) is 5.67. The minimum Gasteiger partial charge on any atom is -0.384 e. The van der Waals surface area contributed by atoms with Gasteiger partial charge in [0.1, 0.15) is 5.82 Å². The van der Waals surface area contributed by atoms with Crippen molar-refractivity contribution in [1.82, 2.24) is 9.71 Å². The Morgan fingerprint density at radius 2 is 2.11 bits per heavy atom. The van der Waals surface area contributed by atoms with Crippen LogP contribution < -0.4 is 10.5 Å². The normalized spacial score (nSPS) is 17.1. The number of nitrogens with two attached hydrogens (primary N) is 1. The van der Waals surface area contributed by atoms with Crippen LogP contribution in [0.1, 0.15) is 32.1 Å². The van der Waals surface area contributed by atoms with Gasteiger partial charge in [-0.05, 0) is 18.4 Å². The summed E-state index contributed by atoms with van der Waals surface area (Å²) in [6.07, 6.45) is 7.32. The van der Waals surface area contributed by atoms with Gasteiger partial charge in [-0.3, -0.25) is 0 Å². The third kappa shape index (κ3) is 3.43. The molecule has 1 aliphatic rings. The lowest BCUT2D eigenvalue weighted by Gasteiger charge is -2.10. The highest BCUT2D eigenvalue weighted by Gasteiger charge is 2.17. The zero-order chi connectivity index (χ0) is 13.0. The molecule has 0 amide bonds. The third-order valence-electron chi connectivity index (χ3n) is 3.38. The van der Waals surface area contributed by atoms with Crippen molar-refractivity contribution in [3.63, 3.8) is 0 Å². The fraction of sp³-hybridized carbons (Fsp3) is 0.583. The van der Waals surface area contributed by atoms with Crippen LogP contribution in [0.15, 0.2) is 23.2 Å². The quantitative estimate of drug-likeness (QED) is 0.848. The van der Waals surface area contributed by atoms with E-state index in [0.29, 0.717) is 12.5 Å². The Bertz CT molecular complexity index is 496. The number of nitrogens with one attached hydrogen (secondary N) is 1. The lowest BCUT2D eigenvalue weighted by atomic mass is 10.1. The minimum atomic E-state index is -3.44. The summed E-state index contributed by atoms with van der Waals surface area (Å²) in [4.78, 5) is 3.96. The van der Waals surface area contributed by atoms with Gasteiger partial charge in [0.25, 0.3) is 0 Å². The van der Waals surface area contributed by atoms with Crippen LogP contribution in [0.5, 0.6) is 0 Å². The van der Waals surface area contributed by atoms with Crippen LogP contribution in [0.4, 0.5) is 5.82 Å². The lowest BCUT2D eigenvalue weighted by molar-refractivity contribution is 0.495. The van der Waals surface area contributed by atoms with Gasteiger partial charge in [0.05, 0.1) is 4.90 Å². The van der Waals surface area contributed by atoms with Crippen molar-refractivity contribution in [2.45, 2.75) is 37.0 Å². The molecule has 0 unspecified atom stereocenters. The van der Waals surface area contributed by atoms with Crippen LogP contribution >= 0.6 is 0 Å². The summed E-state index contributed by atoms with van der Waals surface area (Å²) in [5.41, 5.74) is 5.48. The molecule has 1 heterocycles. The van der Waals surface area contributed by atoms with Crippen molar-refractivity contribution in [3.05, 3.63) is 18.3 Å². The molecule has 3 N–H and O–H groups in total. The van der Waals surface area contributed by atoms with E-state index < -0.39 is 10.0 Å². The van der Waals surface area contributed by atoms with Crippen molar-refractivity contribution >= 4 is 15.8 Å². The first-order valence-corrected chi connectivity index (χ1v) is 7.77. The largest absolute Gasteiger partial charge is 0.384 e. The number of hydrogen-bond acceptors (Lipinski definition) is 4. The average Bonchev–Trinajstić information content (AvgIpc) is 2.82. The lowest BCUT2D eigenvalue weighted by Crippen LogP contribution is -2.26. The van der Waals surface area contributed by atoms with Crippen LogP contribution in [0.25, 0.3) is 0 Å². The Kier molecular flexibility index (Phi) is 4.19. The Labute approximate surface area is 108 Å². The molecule has 0 saturated heterocycles. The number of hydrogen-bond donors (Lipinski definition) is 2. The van der Waals surface area contributed by atoms with Crippen molar-refractivity contribution in [2.75, 3.05) is 12.3 Å². The monoisotopic (exact) mass is 269 g/mol. The van der Waals surface area contributed by atoms with Gasteiger partial charge in [0.15, 0.2) is 0 Å². The molecule has 5 nitrogen and oxygen atoms in total. The van der Waals surface area contributed by atoms with Gasteiger partial charge in [-0.25, -0.2) is 18.1 Å². The highest BCUT2D eigenvalue weighted by Crippen LogP contribution is 2.27. The molecule has 1 aromatic heterocycles. The molecule has 6 heteroatoms. The summed E-state index contributed by atoms with van der Waals surface area (Å²) in [5, 5.41) is 0. The molecule has 1 fully saturated rings. The minimum absolute atomic E-state index is 0.182. The van der Waals surface area contributed by atoms with Gasteiger partial charge in [-0.1, -0.05) is 25.7 Å². The summed E-state index contributed by atoms with van der Waals surface area (Å²) >= 11 is 0. The van der Waals surface area contributed by atoms with E-state index in [0.717, 1.165) is 6.42 Å². The van der Waals surface area contributed by atoms with E-state index in [4.69, 9.17) is 5.73 Å². The van der Waals surface area contributed by atoms with E-state index in [9.17, 15) is 8.42 Å². The zero-order valence-electron chi connectivity index (χ0n) is 10.3. The van der Waals surface area contributed by atoms with Crippen molar-refractivity contribution in [3.8, 4) is 0 Å². The summed E-state index contributed by atoms with van der Waals surface area (Å²) < 4.78 is 26.5. The third-order valence-corrected chi connectivity index (χ3v) is 4.84. The standard InChI is InChI=1S/C12H19N3O2S/c13-12-9-11(6-7-14-12)18(16,17)15-8-5-10-3-1-2-4-10/h6-7,9-10,15H,1-5,8H2,(H2,13,14). The summed E-state index contributed by atoms with van der Waals surface area (Å²) in [5.74, 6) is 0.892. The number of nitrogens with zero attached hydrogens (tertiary/aromatic N) is 1. The average molecular weight is 269 g/mol. The van der Waals surface area contributed by atoms with Gasteiger partial charge in [-0.15, -0.1) is 0 Å². The molecule has 0 atom stereocenters. The molecule has 0 radical (unpaired) electrons. The maximum absolute atomic E-state index is 12.0. The van der Waals surface area contributed by atoms with E-state index in [1.165, 1.54) is 44.0 Å². The van der Waals surface area contributed by atoms with E-state index in [2.05, 4.69) is 9.71 Å². The van der Waals surface area contributed by atoms with Crippen LogP contribution in [0.2, 0.25) is 0 Å². The Morgan fingerprint density at radius 3 is 2.78 bits per heavy atom. The Balaban J connectivity index is 1.90. The summed E-state index contributed by atoms with van der Waals surface area (Å²) in [6, 6.07) is 2.83. The topological polar surface area (TPSA) is 85.1 Å². The molecule has 0 aromatic carbocycles. The van der Waals surface area contributed by atoms with Gasteiger partial charge in [-0.2, -0.15) is 0 Å². The zero-order valence-corrected chi connectivity index (χ0v) is 11.1. The fourth-order valence-corrected chi connectivity index (χ4v) is 3.44. The van der Waals surface area contributed by atoms with Crippen LogP contribution in [0.3, 0.4) is 0 Å². The first-order valence-electron chi connectivity index (χ1n) is 6.29. The Morgan fingerprint density at radius 1 is 1.39 bits per heavy atom. The molecule has 0 aliphatic heterocycles. The number of sulfonamides is 1. The van der Waals surface area contributed by atoms with E-state index in [1.54, 1.807) is 0 Å². The molecule has 0 bridgehead atoms. The van der Waals surface area contributed by atoms with Crippen LogP contribution in [-0.2, 0) is 10.0 Å². The van der Waals surface area contributed by atoms with E-state index in [-0.39, 0.29) is 10.7 Å². The number of aromatic nitrogens is 1. The van der Waals surface area contributed by atoms with Gasteiger partial charge in [0.2, 0.25) is 10.0 Å². The SMILES string of the molecule is Nc1cc(S(=O)(=O)NCCC2CCCC2)ccn1. The second-order valence-corrected chi connectivity index (χ2v) is 6.52. The van der Waals surface area contributed by atoms with Gasteiger partial charge < -0.3 is 5.73 Å². The number of rotatable bonds is 5. The van der Waals surface area contributed by atoms with Gasteiger partial charge >= 0.3 is 0 Å². The smallest absolute Gasteiger partial charge is 0.240 e. The Hall–Kier alpha value is -1.14. The molecule has 18 heavy (non-hydrogen) atoms. The van der Waals surface area contributed by atoms with Gasteiger partial charge in [0, 0.05) is 18.8 Å². The maximum atomic E-state index is 12.0. The van der Waals surface area contributed by atoms with E-state index >= 15 is 0 Å². The molecular weight excluding hydrogens is 250 g/mol. The van der Waals surface area contributed by atoms with Crippen LogP contribution in [0, 0.1) is 5.92 Å². The first kappa shape index (κ1) is 13.3. The highest BCUT2D eigenvalue weighted by atomic mass is 32.2. The van der Waals surface area contributed by atoms with Crippen molar-refractivity contribution < 1.29 is 8.42 Å². The second-order valence-electron chi connectivity index (χ2n) is 4.75. The summed E-state index contributed by atoms with van der Waals surface area (Å²) in [6.45, 7) is 0.495. The predicted octanol–water partition coefficient (Wildman–Crippen LogP) is 1.52. The van der Waals surface area contributed by atoms with Crippen molar-refractivity contribution in [2.24, 2.45) is 5.92 Å². The van der Waals surface area contributed by atoms with Crippen molar-refractivity contribution in [1.29, 1.82) is 0 Å². The molecule has 2 rings (SSSR count). The maximum Gasteiger partial charge on any atom is 0.240 e. The van der Waals surface area contributed by atoms with E-state index in [1.807, 2.05) is 0 Å². The molecular formula is C12H19N3O2S. The first-order chi connectivity index (χ1) is 8.58.